The van der Waals surface area contributed by atoms with Crippen LogP contribution in [0, 0.1) is 17.2 Å². The summed E-state index contributed by atoms with van der Waals surface area (Å²) in [5, 5.41) is 9.85. The highest BCUT2D eigenvalue weighted by Crippen LogP contribution is 2.24. The van der Waals surface area contributed by atoms with Crippen molar-refractivity contribution < 1.29 is 14.3 Å². The van der Waals surface area contributed by atoms with Crippen LogP contribution in [0.1, 0.15) is 29.6 Å². The minimum atomic E-state index is -0.0402. The molecule has 0 saturated carbocycles. The molecule has 0 spiro atoms. The number of nitriles is 1. The molecule has 2 fully saturated rings. The molecule has 1 amide bonds. The molecular weight excluding hydrogens is 380 g/mol. The Morgan fingerprint density at radius 1 is 1.17 bits per heavy atom. The molecule has 2 aromatic rings. The average molecular weight is 409 g/mol. The van der Waals surface area contributed by atoms with Gasteiger partial charge in [0.1, 0.15) is 0 Å². The molecule has 158 valence electrons. The van der Waals surface area contributed by atoms with Crippen molar-refractivity contribution in [3.8, 4) is 6.07 Å². The van der Waals surface area contributed by atoms with Crippen molar-refractivity contribution in [3.05, 3.63) is 36.0 Å². The van der Waals surface area contributed by atoms with Crippen molar-refractivity contribution in [3.63, 3.8) is 0 Å². The van der Waals surface area contributed by atoms with E-state index in [9.17, 15) is 9.59 Å². The molecule has 2 aliphatic heterocycles. The number of rotatable bonds is 6. The van der Waals surface area contributed by atoms with Gasteiger partial charge in [-0.1, -0.05) is 18.2 Å². The molecule has 0 radical (unpaired) electrons. The standard InChI is InChI=1S/C23H28N4O3/c24-8-4-10-27-16-20(19-6-1-2-7-21(19)27)22(28)17-25-9-3-5-18(15-25)23(29)26-11-13-30-14-12-26/h1-2,6-7,16,18H,3-5,9-15,17H2. The van der Waals surface area contributed by atoms with E-state index < -0.39 is 0 Å². The summed E-state index contributed by atoms with van der Waals surface area (Å²) in [6, 6.07) is 10.0. The molecule has 7 nitrogen and oxygen atoms in total. The Morgan fingerprint density at radius 2 is 1.97 bits per heavy atom. The van der Waals surface area contributed by atoms with E-state index in [0.717, 1.165) is 30.3 Å². The molecule has 0 bridgehead atoms. The van der Waals surface area contributed by atoms with Gasteiger partial charge >= 0.3 is 0 Å². The molecule has 2 aliphatic rings. The van der Waals surface area contributed by atoms with Gasteiger partial charge in [0.2, 0.25) is 5.91 Å². The number of carbonyl (C=O) groups is 2. The minimum absolute atomic E-state index is 0.0402. The minimum Gasteiger partial charge on any atom is -0.378 e. The Labute approximate surface area is 176 Å². The number of nitrogens with zero attached hydrogens (tertiary/aromatic N) is 4. The molecular formula is C23H28N4O3. The quantitative estimate of drug-likeness (QED) is 0.686. The third kappa shape index (κ3) is 4.40. The van der Waals surface area contributed by atoms with Crippen molar-refractivity contribution in [1.82, 2.24) is 14.4 Å². The van der Waals surface area contributed by atoms with Crippen LogP contribution in [0.4, 0.5) is 0 Å². The number of morpholine rings is 1. The molecule has 4 rings (SSSR count). The third-order valence-corrected chi connectivity index (χ3v) is 6.10. The fraction of sp³-hybridized carbons (Fsp3) is 0.522. The number of amides is 1. The van der Waals surface area contributed by atoms with E-state index in [1.807, 2.05) is 39.9 Å². The largest absolute Gasteiger partial charge is 0.378 e. The first-order chi connectivity index (χ1) is 14.7. The molecule has 30 heavy (non-hydrogen) atoms. The van der Waals surface area contributed by atoms with Crippen LogP contribution >= 0.6 is 0 Å². The first-order valence-electron chi connectivity index (χ1n) is 10.7. The summed E-state index contributed by atoms with van der Waals surface area (Å²) in [5.41, 5.74) is 1.68. The maximum atomic E-state index is 13.2. The van der Waals surface area contributed by atoms with Crippen molar-refractivity contribution >= 4 is 22.6 Å². The number of Topliss-reactive ketones (excluding diaryl/α,β-unsaturated/α-hetero) is 1. The van der Waals surface area contributed by atoms with E-state index in [0.29, 0.717) is 57.9 Å². The third-order valence-electron chi connectivity index (χ3n) is 6.10. The highest BCUT2D eigenvalue weighted by Gasteiger charge is 2.31. The Hall–Kier alpha value is -2.69. The second-order valence-electron chi connectivity index (χ2n) is 8.10. The number of benzene rings is 1. The number of carbonyl (C=O) groups excluding carboxylic acids is 2. The number of fused-ring (bicyclic) bond motifs is 1. The van der Waals surface area contributed by atoms with E-state index in [1.165, 1.54) is 0 Å². The van der Waals surface area contributed by atoms with Crippen molar-refractivity contribution in [2.75, 3.05) is 45.9 Å². The monoisotopic (exact) mass is 408 g/mol. The lowest BCUT2D eigenvalue weighted by atomic mass is 9.95. The van der Waals surface area contributed by atoms with Gasteiger partial charge in [-0.2, -0.15) is 5.26 Å². The zero-order valence-corrected chi connectivity index (χ0v) is 17.3. The Kier molecular flexibility index (Phi) is 6.46. The zero-order chi connectivity index (χ0) is 20.9. The van der Waals surface area contributed by atoms with Crippen LogP contribution in [0.3, 0.4) is 0 Å². The fourth-order valence-electron chi connectivity index (χ4n) is 4.56. The molecule has 3 heterocycles. The van der Waals surface area contributed by atoms with E-state index in [4.69, 9.17) is 10.00 Å². The summed E-state index contributed by atoms with van der Waals surface area (Å²) >= 11 is 0. The Balaban J connectivity index is 1.44. The predicted octanol–water partition coefficient (Wildman–Crippen LogP) is 2.31. The van der Waals surface area contributed by atoms with Gasteiger partial charge in [-0.15, -0.1) is 0 Å². The normalized spacial score (nSPS) is 20.2. The number of aryl methyl sites for hydroxylation is 1. The molecule has 2 saturated heterocycles. The van der Waals surface area contributed by atoms with E-state index in [-0.39, 0.29) is 17.6 Å². The van der Waals surface area contributed by atoms with Crippen LogP contribution in [-0.4, -0.2) is 72.0 Å². The lowest BCUT2D eigenvalue weighted by Crippen LogP contribution is -2.49. The van der Waals surface area contributed by atoms with Gasteiger partial charge in [-0.3, -0.25) is 14.5 Å². The molecule has 0 aliphatic carbocycles. The summed E-state index contributed by atoms with van der Waals surface area (Å²) < 4.78 is 7.35. The smallest absolute Gasteiger partial charge is 0.227 e. The fourth-order valence-corrected chi connectivity index (χ4v) is 4.56. The van der Waals surface area contributed by atoms with Gasteiger partial charge in [0.25, 0.3) is 0 Å². The van der Waals surface area contributed by atoms with E-state index in [1.54, 1.807) is 0 Å². The van der Waals surface area contributed by atoms with Gasteiger partial charge in [0, 0.05) is 48.8 Å². The number of aromatic nitrogens is 1. The van der Waals surface area contributed by atoms with Crippen molar-refractivity contribution in [2.45, 2.75) is 25.8 Å². The SMILES string of the molecule is N#CCCn1cc(C(=O)CN2CCCC(C(=O)N3CCOCC3)C2)c2ccccc21. The van der Waals surface area contributed by atoms with Crippen molar-refractivity contribution in [1.29, 1.82) is 5.26 Å². The van der Waals surface area contributed by atoms with Crippen molar-refractivity contribution in [2.24, 2.45) is 5.92 Å². The number of hydrogen-bond acceptors (Lipinski definition) is 5. The zero-order valence-electron chi connectivity index (χ0n) is 17.3. The van der Waals surface area contributed by atoms with Crippen LogP contribution in [0.5, 0.6) is 0 Å². The highest BCUT2D eigenvalue weighted by atomic mass is 16.5. The number of ketones is 1. The van der Waals surface area contributed by atoms with Gasteiger partial charge in [0.15, 0.2) is 5.78 Å². The van der Waals surface area contributed by atoms with Gasteiger partial charge in [0.05, 0.1) is 38.2 Å². The lowest BCUT2D eigenvalue weighted by Gasteiger charge is -2.35. The maximum absolute atomic E-state index is 13.2. The molecule has 7 heteroatoms. The maximum Gasteiger partial charge on any atom is 0.227 e. The second-order valence-corrected chi connectivity index (χ2v) is 8.10. The first kappa shape index (κ1) is 20.6. The van der Waals surface area contributed by atoms with Gasteiger partial charge in [-0.05, 0) is 25.5 Å². The van der Waals surface area contributed by atoms with E-state index in [2.05, 4.69) is 11.0 Å². The summed E-state index contributed by atoms with van der Waals surface area (Å²) in [5.74, 6) is 0.228. The number of ether oxygens (including phenoxy) is 1. The molecule has 1 aromatic carbocycles. The van der Waals surface area contributed by atoms with Gasteiger partial charge in [-0.25, -0.2) is 0 Å². The molecule has 1 aromatic heterocycles. The summed E-state index contributed by atoms with van der Waals surface area (Å²) in [6.07, 6.45) is 4.10. The van der Waals surface area contributed by atoms with Crippen LogP contribution in [-0.2, 0) is 16.1 Å². The van der Waals surface area contributed by atoms with E-state index >= 15 is 0 Å². The average Bonchev–Trinajstić information content (AvgIpc) is 3.17. The first-order valence-corrected chi connectivity index (χ1v) is 10.7. The number of likely N-dealkylation sites (tertiary alicyclic amines) is 1. The van der Waals surface area contributed by atoms with Crippen LogP contribution in [0.25, 0.3) is 10.9 Å². The van der Waals surface area contributed by atoms with Gasteiger partial charge < -0.3 is 14.2 Å². The summed E-state index contributed by atoms with van der Waals surface area (Å²) in [7, 11) is 0. The Bertz CT molecular complexity index is 955. The lowest BCUT2D eigenvalue weighted by molar-refractivity contribution is -0.141. The second kappa shape index (κ2) is 9.41. The topological polar surface area (TPSA) is 78.6 Å². The molecule has 0 N–H and O–H groups in total. The van der Waals surface area contributed by atoms with Crippen LogP contribution < -0.4 is 0 Å². The number of para-hydroxylation sites is 1. The Morgan fingerprint density at radius 3 is 2.77 bits per heavy atom. The van der Waals surface area contributed by atoms with Crippen LogP contribution in [0.15, 0.2) is 30.5 Å². The van der Waals surface area contributed by atoms with Crippen LogP contribution in [0.2, 0.25) is 0 Å². The number of piperidine rings is 1. The molecule has 1 atom stereocenters. The summed E-state index contributed by atoms with van der Waals surface area (Å²) in [6.45, 7) is 4.91. The highest BCUT2D eigenvalue weighted by molar-refractivity contribution is 6.09. The summed E-state index contributed by atoms with van der Waals surface area (Å²) in [4.78, 5) is 30.0. The predicted molar refractivity (Wildman–Crippen MR) is 113 cm³/mol. The molecule has 1 unspecified atom stereocenters. The number of hydrogen-bond donors (Lipinski definition) is 0.